The van der Waals surface area contributed by atoms with Crippen molar-refractivity contribution in [1.82, 2.24) is 0 Å². The number of esters is 1. The van der Waals surface area contributed by atoms with Crippen LogP contribution in [0, 0.1) is 0 Å². The van der Waals surface area contributed by atoms with Crippen molar-refractivity contribution in [2.75, 3.05) is 21.3 Å². The Hall–Kier alpha value is -1.68. The Bertz CT molecular complexity index is 417. The number of hydrogen-bond acceptors (Lipinski definition) is 4. The summed E-state index contributed by atoms with van der Waals surface area (Å²) >= 11 is 0. The molecule has 0 saturated heterocycles. The largest absolute Gasteiger partial charge is 0.469 e. The van der Waals surface area contributed by atoms with Gasteiger partial charge in [0.2, 0.25) is 0 Å². The molecule has 0 unspecified atom stereocenters. The molecular weight excluding hydrogens is 364 g/mol. The number of carbonyl (C=O) groups excluding carboxylic acids is 2. The highest BCUT2D eigenvalue weighted by Crippen LogP contribution is 2.15. The third-order valence-corrected chi connectivity index (χ3v) is 3.45. The summed E-state index contributed by atoms with van der Waals surface area (Å²) in [6, 6.07) is 0. The first-order chi connectivity index (χ1) is 13.9. The molecule has 0 bridgehead atoms. The number of ether oxygens (including phenoxy) is 2. The molecule has 0 N–H and O–H groups in total. The second-order valence-electron chi connectivity index (χ2n) is 6.24. The zero-order valence-corrected chi connectivity index (χ0v) is 20.7. The first kappa shape index (κ1) is 34.8. The van der Waals surface area contributed by atoms with Crippen LogP contribution in [0.3, 0.4) is 0 Å². The average molecular weight is 413 g/mol. The van der Waals surface area contributed by atoms with E-state index in [0.717, 1.165) is 51.2 Å². The third-order valence-electron chi connectivity index (χ3n) is 3.45. The maximum absolute atomic E-state index is 11.0. The summed E-state index contributed by atoms with van der Waals surface area (Å²) in [5.41, 5.74) is 2.89. The number of allylic oxidation sites excluding steroid dienone is 6. The number of carbonyl (C=O) groups is 2. The van der Waals surface area contributed by atoms with Gasteiger partial charge in [-0.25, -0.2) is 0 Å². The van der Waals surface area contributed by atoms with Crippen LogP contribution in [0.2, 0.25) is 0 Å². The van der Waals surface area contributed by atoms with Crippen LogP contribution >= 0.6 is 0 Å². The Morgan fingerprint density at radius 2 is 1.31 bits per heavy atom. The predicted octanol–water partition coefficient (Wildman–Crippen LogP) is 7.24. The van der Waals surface area contributed by atoms with Crippen molar-refractivity contribution in [3.05, 3.63) is 35.5 Å². The van der Waals surface area contributed by atoms with E-state index in [-0.39, 0.29) is 5.97 Å². The SMILES string of the molecule is C/C=C(/CC/C=C/CCC=C(C)C)CCCCC(=O)OC.CC.CC=O.COC. The zero-order chi connectivity index (χ0) is 23.3. The summed E-state index contributed by atoms with van der Waals surface area (Å²) < 4.78 is 8.89. The summed E-state index contributed by atoms with van der Waals surface area (Å²) in [5.74, 6) is -0.101. The number of rotatable bonds is 11. The topological polar surface area (TPSA) is 52.6 Å². The Kier molecular flexibility index (Phi) is 40.6. The molecule has 172 valence electrons. The van der Waals surface area contributed by atoms with Gasteiger partial charge in [0.05, 0.1) is 7.11 Å². The van der Waals surface area contributed by atoms with E-state index in [0.29, 0.717) is 6.42 Å². The molecule has 0 rings (SSSR count). The van der Waals surface area contributed by atoms with Crippen LogP contribution in [0.25, 0.3) is 0 Å². The van der Waals surface area contributed by atoms with E-state index in [2.05, 4.69) is 54.5 Å². The quantitative estimate of drug-likeness (QED) is 0.155. The van der Waals surface area contributed by atoms with Gasteiger partial charge in [-0.3, -0.25) is 4.79 Å². The van der Waals surface area contributed by atoms with Gasteiger partial charge in [0, 0.05) is 20.6 Å². The Labute approximate surface area is 181 Å². The summed E-state index contributed by atoms with van der Waals surface area (Å²) in [6.07, 6.45) is 18.0. The van der Waals surface area contributed by atoms with E-state index in [1.807, 2.05) is 13.8 Å². The van der Waals surface area contributed by atoms with Gasteiger partial charge in [0.25, 0.3) is 0 Å². The molecule has 4 heteroatoms. The molecule has 0 amide bonds. The summed E-state index contributed by atoms with van der Waals surface area (Å²) in [4.78, 5) is 19.8. The van der Waals surface area contributed by atoms with Crippen LogP contribution in [0.5, 0.6) is 0 Å². The molecule has 0 radical (unpaired) electrons. The van der Waals surface area contributed by atoms with Gasteiger partial charge in [-0.2, -0.15) is 0 Å². The Balaban J connectivity index is -0.000000336. The fourth-order valence-corrected chi connectivity index (χ4v) is 2.11. The smallest absolute Gasteiger partial charge is 0.305 e. The number of hydrogen-bond donors (Lipinski definition) is 0. The first-order valence-corrected chi connectivity index (χ1v) is 10.7. The van der Waals surface area contributed by atoms with Crippen molar-refractivity contribution in [3.63, 3.8) is 0 Å². The average Bonchev–Trinajstić information content (AvgIpc) is 2.71. The van der Waals surface area contributed by atoms with E-state index in [4.69, 9.17) is 4.79 Å². The molecule has 0 aromatic rings. The lowest BCUT2D eigenvalue weighted by Crippen LogP contribution is -1.99. The molecule has 0 fully saturated rings. The highest BCUT2D eigenvalue weighted by molar-refractivity contribution is 5.68. The Morgan fingerprint density at radius 1 is 0.828 bits per heavy atom. The van der Waals surface area contributed by atoms with Gasteiger partial charge in [-0.15, -0.1) is 0 Å². The monoisotopic (exact) mass is 412 g/mol. The first-order valence-electron chi connectivity index (χ1n) is 10.7. The fourth-order valence-electron chi connectivity index (χ4n) is 2.11. The van der Waals surface area contributed by atoms with E-state index in [1.54, 1.807) is 14.2 Å². The van der Waals surface area contributed by atoms with Crippen molar-refractivity contribution in [2.24, 2.45) is 0 Å². The third kappa shape index (κ3) is 41.7. The molecule has 0 aromatic heterocycles. The van der Waals surface area contributed by atoms with Crippen LogP contribution in [0.4, 0.5) is 0 Å². The minimum atomic E-state index is -0.101. The number of aldehydes is 1. The summed E-state index contributed by atoms with van der Waals surface area (Å²) in [6.45, 7) is 11.8. The highest BCUT2D eigenvalue weighted by Gasteiger charge is 2.01. The van der Waals surface area contributed by atoms with Gasteiger partial charge >= 0.3 is 5.97 Å². The maximum Gasteiger partial charge on any atom is 0.305 e. The molecule has 0 aliphatic heterocycles. The van der Waals surface area contributed by atoms with Crippen LogP contribution in [0.1, 0.15) is 92.9 Å². The lowest BCUT2D eigenvalue weighted by molar-refractivity contribution is -0.140. The zero-order valence-electron chi connectivity index (χ0n) is 20.7. The molecule has 4 nitrogen and oxygen atoms in total. The molecule has 0 atom stereocenters. The van der Waals surface area contributed by atoms with Crippen LogP contribution in [-0.4, -0.2) is 33.6 Å². The van der Waals surface area contributed by atoms with Crippen LogP contribution in [0.15, 0.2) is 35.5 Å². The molecule has 0 saturated carbocycles. The van der Waals surface area contributed by atoms with Gasteiger partial charge < -0.3 is 14.3 Å². The maximum atomic E-state index is 11.0. The Morgan fingerprint density at radius 3 is 1.76 bits per heavy atom. The van der Waals surface area contributed by atoms with Crippen molar-refractivity contribution in [3.8, 4) is 0 Å². The number of methoxy groups -OCH3 is 2. The minimum absolute atomic E-state index is 0.101. The fraction of sp³-hybridized carbons (Fsp3) is 0.680. The molecule has 0 aliphatic rings. The lowest BCUT2D eigenvalue weighted by Gasteiger charge is -2.05. The van der Waals surface area contributed by atoms with Gasteiger partial charge in [0.1, 0.15) is 6.29 Å². The highest BCUT2D eigenvalue weighted by atomic mass is 16.5. The summed E-state index contributed by atoms with van der Waals surface area (Å²) in [5, 5.41) is 0. The van der Waals surface area contributed by atoms with E-state index >= 15 is 0 Å². The van der Waals surface area contributed by atoms with Gasteiger partial charge in [-0.1, -0.05) is 49.3 Å². The van der Waals surface area contributed by atoms with E-state index < -0.39 is 0 Å². The predicted molar refractivity (Wildman–Crippen MR) is 127 cm³/mol. The minimum Gasteiger partial charge on any atom is -0.469 e. The standard InChI is InChI=1S/C19H32O2.C2H6O.C2H4O.C2H6/c1-5-18(15-11-12-16-19(20)21-4)14-10-8-6-7-9-13-17(2)3;1-3-2;1-2-3;1-2/h5-6,8,13H,7,9-12,14-16H2,1-4H3;1-2H3;2H,1H3;1-2H3/b8-6+,18-5-;;;. The van der Waals surface area contributed by atoms with Gasteiger partial charge in [0.15, 0.2) is 0 Å². The molecule has 0 aromatic carbocycles. The lowest BCUT2D eigenvalue weighted by atomic mass is 10.0. The van der Waals surface area contributed by atoms with Crippen LogP contribution in [-0.2, 0) is 19.1 Å². The van der Waals surface area contributed by atoms with Gasteiger partial charge in [-0.05, 0) is 72.6 Å². The second-order valence-corrected chi connectivity index (χ2v) is 6.24. The normalized spacial score (nSPS) is 9.76. The van der Waals surface area contributed by atoms with E-state index in [1.165, 1.54) is 25.2 Å². The molecule has 29 heavy (non-hydrogen) atoms. The van der Waals surface area contributed by atoms with Crippen LogP contribution < -0.4 is 0 Å². The van der Waals surface area contributed by atoms with Crippen molar-refractivity contribution in [2.45, 2.75) is 92.9 Å². The van der Waals surface area contributed by atoms with E-state index in [9.17, 15) is 4.79 Å². The van der Waals surface area contributed by atoms with Crippen molar-refractivity contribution < 1.29 is 19.1 Å². The number of unbranched alkanes of at least 4 members (excludes halogenated alkanes) is 2. The van der Waals surface area contributed by atoms with Crippen molar-refractivity contribution >= 4 is 12.3 Å². The summed E-state index contributed by atoms with van der Waals surface area (Å²) in [7, 11) is 4.70. The van der Waals surface area contributed by atoms with Crippen molar-refractivity contribution in [1.29, 1.82) is 0 Å². The molecule has 0 spiro atoms. The second kappa shape index (κ2) is 33.9. The molecular formula is C25H48O4. The molecule has 0 heterocycles. The molecule has 0 aliphatic carbocycles.